The second-order valence-corrected chi connectivity index (χ2v) is 6.95. The van der Waals surface area contributed by atoms with Crippen molar-refractivity contribution in [2.24, 2.45) is 0 Å². The molecular weight excluding hydrogens is 314 g/mol. The van der Waals surface area contributed by atoms with Crippen molar-refractivity contribution in [1.82, 2.24) is 14.6 Å². The predicted octanol–water partition coefficient (Wildman–Crippen LogP) is 5.63. The number of nitrogens with zero attached hydrogens (tertiary/aromatic N) is 3. The number of aromatic nitrogens is 3. The molecule has 116 valence electrons. The van der Waals surface area contributed by atoms with Gasteiger partial charge in [0.1, 0.15) is 0 Å². The molecule has 5 heteroatoms. The maximum atomic E-state index is 6.35. The van der Waals surface area contributed by atoms with Crippen LogP contribution >= 0.6 is 22.9 Å². The highest BCUT2D eigenvalue weighted by atomic mass is 35.5. The average Bonchev–Trinajstić information content (AvgIpc) is 3.03. The van der Waals surface area contributed by atoms with E-state index in [-0.39, 0.29) is 0 Å². The highest BCUT2D eigenvalue weighted by Gasteiger charge is 2.21. The van der Waals surface area contributed by atoms with Gasteiger partial charge in [-0.15, -0.1) is 11.3 Å². The van der Waals surface area contributed by atoms with E-state index in [9.17, 15) is 0 Å². The van der Waals surface area contributed by atoms with E-state index in [1.165, 1.54) is 5.69 Å². The summed E-state index contributed by atoms with van der Waals surface area (Å²) in [5, 5.41) is 7.56. The van der Waals surface area contributed by atoms with E-state index in [0.717, 1.165) is 45.3 Å². The highest BCUT2D eigenvalue weighted by molar-refractivity contribution is 7.14. The minimum atomic E-state index is 0.496. The van der Waals surface area contributed by atoms with E-state index in [4.69, 9.17) is 21.7 Å². The van der Waals surface area contributed by atoms with Gasteiger partial charge in [-0.25, -0.2) is 9.50 Å². The van der Waals surface area contributed by atoms with Gasteiger partial charge in [-0.1, -0.05) is 25.4 Å². The Morgan fingerprint density at radius 1 is 1.27 bits per heavy atom. The van der Waals surface area contributed by atoms with Crippen LogP contribution in [0, 0.1) is 13.8 Å². The molecule has 0 radical (unpaired) electrons. The van der Waals surface area contributed by atoms with E-state index >= 15 is 0 Å². The van der Waals surface area contributed by atoms with Crippen molar-refractivity contribution in [2.75, 3.05) is 0 Å². The molecule has 3 aromatic heterocycles. The Labute approximate surface area is 140 Å². The van der Waals surface area contributed by atoms with Crippen LogP contribution in [0.5, 0.6) is 0 Å². The lowest BCUT2D eigenvalue weighted by molar-refractivity contribution is 0.598. The Balaban J connectivity index is 2.33. The van der Waals surface area contributed by atoms with Crippen molar-refractivity contribution in [2.45, 2.75) is 46.5 Å². The molecule has 0 unspecified atom stereocenters. The van der Waals surface area contributed by atoms with Gasteiger partial charge in [0.25, 0.3) is 0 Å². The fraction of sp³-hybridized carbons (Fsp3) is 0.412. The zero-order chi connectivity index (χ0) is 15.9. The Kier molecular flexibility index (Phi) is 4.24. The molecule has 3 aromatic rings. The first-order valence-electron chi connectivity index (χ1n) is 7.67. The normalized spacial score (nSPS) is 11.7. The van der Waals surface area contributed by atoms with Crippen molar-refractivity contribution in [3.63, 3.8) is 0 Å². The molecule has 22 heavy (non-hydrogen) atoms. The fourth-order valence-electron chi connectivity index (χ4n) is 3.01. The third kappa shape index (κ3) is 2.44. The largest absolute Gasteiger partial charge is 0.233 e. The minimum Gasteiger partial charge on any atom is -0.233 e. The van der Waals surface area contributed by atoms with E-state index < -0.39 is 0 Å². The molecule has 0 aromatic carbocycles. The molecule has 3 heterocycles. The molecule has 0 atom stereocenters. The molecule has 0 amide bonds. The summed E-state index contributed by atoms with van der Waals surface area (Å²) in [6.45, 7) is 8.53. The Morgan fingerprint density at radius 2 is 2.00 bits per heavy atom. The summed E-state index contributed by atoms with van der Waals surface area (Å²) in [5.74, 6) is 0.496. The second kappa shape index (κ2) is 6.01. The van der Waals surface area contributed by atoms with Gasteiger partial charge in [0.2, 0.25) is 0 Å². The fourth-order valence-corrected chi connectivity index (χ4v) is 4.25. The van der Waals surface area contributed by atoms with Crippen LogP contribution in [0.3, 0.4) is 0 Å². The molecule has 0 N–H and O–H groups in total. The van der Waals surface area contributed by atoms with Crippen LogP contribution in [0.1, 0.15) is 49.7 Å². The van der Waals surface area contributed by atoms with Crippen LogP contribution in [0.15, 0.2) is 17.5 Å². The lowest BCUT2D eigenvalue weighted by atomic mass is 9.98. The summed E-state index contributed by atoms with van der Waals surface area (Å²) in [5.41, 5.74) is 5.24. The summed E-state index contributed by atoms with van der Waals surface area (Å²) in [4.78, 5) is 5.81. The first-order chi connectivity index (χ1) is 10.6. The maximum absolute atomic E-state index is 6.35. The maximum Gasteiger partial charge on any atom is 0.164 e. The van der Waals surface area contributed by atoms with Gasteiger partial charge < -0.3 is 0 Å². The van der Waals surface area contributed by atoms with Gasteiger partial charge in [-0.05, 0) is 44.2 Å². The van der Waals surface area contributed by atoms with E-state index in [0.29, 0.717) is 5.92 Å². The lowest BCUT2D eigenvalue weighted by Gasteiger charge is -2.15. The molecule has 0 aliphatic rings. The van der Waals surface area contributed by atoms with Crippen LogP contribution < -0.4 is 0 Å². The molecule has 0 aliphatic heterocycles. The van der Waals surface area contributed by atoms with Gasteiger partial charge >= 0.3 is 0 Å². The molecule has 3 nitrogen and oxygen atoms in total. The van der Waals surface area contributed by atoms with E-state index in [1.807, 2.05) is 29.8 Å². The topological polar surface area (TPSA) is 30.2 Å². The smallest absolute Gasteiger partial charge is 0.164 e. The molecular formula is C17H20ClN3S. The summed E-state index contributed by atoms with van der Waals surface area (Å²) in [6.07, 6.45) is 2.20. The van der Waals surface area contributed by atoms with Crippen LogP contribution in [-0.4, -0.2) is 14.6 Å². The van der Waals surface area contributed by atoms with Crippen LogP contribution in [0.2, 0.25) is 5.02 Å². The van der Waals surface area contributed by atoms with Crippen molar-refractivity contribution in [3.8, 4) is 10.4 Å². The second-order valence-electron chi connectivity index (χ2n) is 5.63. The van der Waals surface area contributed by atoms with Gasteiger partial charge in [-0.2, -0.15) is 5.10 Å². The number of rotatable bonds is 4. The molecule has 0 saturated heterocycles. The minimum absolute atomic E-state index is 0.496. The standard InChI is InChI=1S/C17H20ClN3S/c1-5-12(6-2)14-9-10(3)19-17-15(11(4)20-21(14)17)16-13(18)7-8-22-16/h7-9,12H,5-6H2,1-4H3. The Hall–Kier alpha value is -1.39. The molecule has 0 spiro atoms. The molecule has 0 fully saturated rings. The van der Waals surface area contributed by atoms with Gasteiger partial charge in [0, 0.05) is 17.3 Å². The van der Waals surface area contributed by atoms with Crippen molar-refractivity contribution < 1.29 is 0 Å². The summed E-state index contributed by atoms with van der Waals surface area (Å²) >= 11 is 7.99. The number of hydrogen-bond donors (Lipinski definition) is 0. The van der Waals surface area contributed by atoms with Gasteiger partial charge in [-0.3, -0.25) is 0 Å². The first-order valence-corrected chi connectivity index (χ1v) is 8.92. The number of aryl methyl sites for hydroxylation is 2. The molecule has 0 saturated carbocycles. The Bertz CT molecular complexity index is 815. The zero-order valence-corrected chi connectivity index (χ0v) is 14.9. The Morgan fingerprint density at radius 3 is 2.59 bits per heavy atom. The lowest BCUT2D eigenvalue weighted by Crippen LogP contribution is -2.07. The van der Waals surface area contributed by atoms with E-state index in [2.05, 4.69) is 19.9 Å². The SMILES string of the molecule is CCC(CC)c1cc(C)nc2c(-c3sccc3Cl)c(C)nn12. The third-order valence-electron chi connectivity index (χ3n) is 4.17. The third-order valence-corrected chi connectivity index (χ3v) is 5.53. The quantitative estimate of drug-likeness (QED) is 0.619. The van der Waals surface area contributed by atoms with Gasteiger partial charge in [0.15, 0.2) is 5.65 Å². The molecule has 0 bridgehead atoms. The number of thiophene rings is 1. The molecule has 3 rings (SSSR count). The van der Waals surface area contributed by atoms with Crippen molar-refractivity contribution in [3.05, 3.63) is 39.6 Å². The van der Waals surface area contributed by atoms with Crippen molar-refractivity contribution >= 4 is 28.6 Å². The van der Waals surface area contributed by atoms with Crippen LogP contribution in [0.25, 0.3) is 16.1 Å². The van der Waals surface area contributed by atoms with Crippen molar-refractivity contribution in [1.29, 1.82) is 0 Å². The monoisotopic (exact) mass is 333 g/mol. The van der Waals surface area contributed by atoms with Crippen LogP contribution in [-0.2, 0) is 0 Å². The first kappa shape index (κ1) is 15.5. The van der Waals surface area contributed by atoms with Gasteiger partial charge in [0.05, 0.1) is 21.2 Å². The highest BCUT2D eigenvalue weighted by Crippen LogP contribution is 2.38. The summed E-state index contributed by atoms with van der Waals surface area (Å²) < 4.78 is 2.02. The number of fused-ring (bicyclic) bond motifs is 1. The van der Waals surface area contributed by atoms with Crippen LogP contribution in [0.4, 0.5) is 0 Å². The molecule has 0 aliphatic carbocycles. The number of halogens is 1. The summed E-state index contributed by atoms with van der Waals surface area (Å²) in [6, 6.07) is 4.10. The summed E-state index contributed by atoms with van der Waals surface area (Å²) in [7, 11) is 0. The predicted molar refractivity (Wildman–Crippen MR) is 94.1 cm³/mol. The average molecular weight is 334 g/mol. The van der Waals surface area contributed by atoms with E-state index in [1.54, 1.807) is 11.3 Å². The number of hydrogen-bond acceptors (Lipinski definition) is 3. The zero-order valence-electron chi connectivity index (χ0n) is 13.4.